The molecule has 0 bridgehead atoms. The highest BCUT2D eigenvalue weighted by molar-refractivity contribution is 6.30. The molecule has 2 aromatic rings. The van der Waals surface area contributed by atoms with E-state index in [9.17, 15) is 9.59 Å². The van der Waals surface area contributed by atoms with E-state index < -0.39 is 5.97 Å². The van der Waals surface area contributed by atoms with Crippen LogP contribution in [0.1, 0.15) is 34.5 Å². The van der Waals surface area contributed by atoms with E-state index in [-0.39, 0.29) is 18.6 Å². The van der Waals surface area contributed by atoms with E-state index >= 15 is 0 Å². The Kier molecular flexibility index (Phi) is 6.98. The highest BCUT2D eigenvalue weighted by atomic mass is 35.5. The van der Waals surface area contributed by atoms with E-state index in [1.165, 1.54) is 0 Å². The predicted molar refractivity (Wildman–Crippen MR) is 95.4 cm³/mol. The minimum atomic E-state index is -0.547. The summed E-state index contributed by atoms with van der Waals surface area (Å²) in [4.78, 5) is 23.9. The molecule has 2 aromatic carbocycles. The van der Waals surface area contributed by atoms with Crippen LogP contribution in [0, 0.1) is 0 Å². The summed E-state index contributed by atoms with van der Waals surface area (Å²) in [6, 6.07) is 13.8. The maximum Gasteiger partial charge on any atom is 0.338 e. The summed E-state index contributed by atoms with van der Waals surface area (Å²) in [5.74, 6) is -0.925. The number of amides is 1. The fourth-order valence-electron chi connectivity index (χ4n) is 2.26. The van der Waals surface area contributed by atoms with Gasteiger partial charge in [0.25, 0.3) is 5.91 Å². The summed E-state index contributed by atoms with van der Waals surface area (Å²) in [5.41, 5.74) is 2.21. The smallest absolute Gasteiger partial charge is 0.338 e. The lowest BCUT2D eigenvalue weighted by Gasteiger charge is -2.14. The van der Waals surface area contributed by atoms with Crippen LogP contribution in [-0.2, 0) is 20.9 Å². The molecule has 0 fully saturated rings. The van der Waals surface area contributed by atoms with Crippen LogP contribution in [0.5, 0.6) is 0 Å². The lowest BCUT2D eigenvalue weighted by molar-refractivity contribution is -0.124. The highest BCUT2D eigenvalue weighted by Crippen LogP contribution is 2.17. The maximum atomic E-state index is 12.0. The predicted octanol–water partition coefficient (Wildman–Crippen LogP) is 3.52. The Morgan fingerprint density at radius 3 is 2.52 bits per heavy atom. The average Bonchev–Trinajstić information content (AvgIpc) is 2.60. The molecule has 0 radical (unpaired) electrons. The Morgan fingerprint density at radius 1 is 1.16 bits per heavy atom. The molecule has 1 N–H and O–H groups in total. The van der Waals surface area contributed by atoms with Crippen molar-refractivity contribution < 1.29 is 19.1 Å². The lowest BCUT2D eigenvalue weighted by Crippen LogP contribution is -2.31. The quantitative estimate of drug-likeness (QED) is 0.766. The van der Waals surface area contributed by atoms with Crippen molar-refractivity contribution in [1.29, 1.82) is 0 Å². The summed E-state index contributed by atoms with van der Waals surface area (Å²) < 4.78 is 10.1. The van der Waals surface area contributed by atoms with Gasteiger partial charge in [0.15, 0.2) is 6.61 Å². The van der Waals surface area contributed by atoms with Gasteiger partial charge in [0.1, 0.15) is 0 Å². The van der Waals surface area contributed by atoms with Crippen molar-refractivity contribution in [3.8, 4) is 0 Å². The first-order chi connectivity index (χ1) is 12.0. The van der Waals surface area contributed by atoms with Gasteiger partial charge in [-0.05, 0) is 42.3 Å². The maximum absolute atomic E-state index is 12.0. The third-order valence-corrected chi connectivity index (χ3v) is 3.80. The zero-order valence-corrected chi connectivity index (χ0v) is 14.9. The number of esters is 1. The van der Waals surface area contributed by atoms with Gasteiger partial charge in [-0.3, -0.25) is 4.79 Å². The molecule has 25 heavy (non-hydrogen) atoms. The SMILES string of the molecule is COCc1ccc(C(=O)OCC(=O)N[C@@H](C)c2cccc(Cl)c2)cc1. The Labute approximate surface area is 151 Å². The number of rotatable bonds is 7. The van der Waals surface area contributed by atoms with Gasteiger partial charge in [0.2, 0.25) is 0 Å². The van der Waals surface area contributed by atoms with Gasteiger partial charge >= 0.3 is 5.97 Å². The molecule has 0 heterocycles. The summed E-state index contributed by atoms with van der Waals surface area (Å²) in [7, 11) is 1.60. The second kappa shape index (κ2) is 9.20. The van der Waals surface area contributed by atoms with Crippen LogP contribution in [0.25, 0.3) is 0 Å². The number of carbonyl (C=O) groups excluding carboxylic acids is 2. The Bertz CT molecular complexity index is 730. The molecular weight excluding hydrogens is 342 g/mol. The molecule has 6 heteroatoms. The Morgan fingerprint density at radius 2 is 1.88 bits per heavy atom. The largest absolute Gasteiger partial charge is 0.452 e. The molecule has 0 saturated carbocycles. The molecule has 1 atom stereocenters. The number of nitrogens with one attached hydrogen (secondary N) is 1. The Balaban J connectivity index is 1.83. The van der Waals surface area contributed by atoms with Crippen LogP contribution in [-0.4, -0.2) is 25.6 Å². The minimum Gasteiger partial charge on any atom is -0.452 e. The molecule has 5 nitrogen and oxygen atoms in total. The molecule has 0 aliphatic carbocycles. The van der Waals surface area contributed by atoms with Crippen LogP contribution >= 0.6 is 11.6 Å². The van der Waals surface area contributed by atoms with Crippen molar-refractivity contribution in [3.05, 3.63) is 70.2 Å². The summed E-state index contributed by atoms with van der Waals surface area (Å²) in [5, 5.41) is 3.36. The van der Waals surface area contributed by atoms with Gasteiger partial charge in [0.05, 0.1) is 18.2 Å². The van der Waals surface area contributed by atoms with Gasteiger partial charge in [-0.15, -0.1) is 0 Å². The minimum absolute atomic E-state index is 0.238. The Hall–Kier alpha value is -2.37. The molecule has 0 aromatic heterocycles. The van der Waals surface area contributed by atoms with Gasteiger partial charge in [-0.25, -0.2) is 4.79 Å². The number of hydrogen-bond acceptors (Lipinski definition) is 4. The van der Waals surface area contributed by atoms with Crippen molar-refractivity contribution in [1.82, 2.24) is 5.32 Å². The van der Waals surface area contributed by atoms with Crippen LogP contribution in [0.3, 0.4) is 0 Å². The molecule has 0 unspecified atom stereocenters. The van der Waals surface area contributed by atoms with Crippen molar-refractivity contribution in [2.75, 3.05) is 13.7 Å². The van der Waals surface area contributed by atoms with E-state index in [1.54, 1.807) is 43.5 Å². The molecular formula is C19H20ClNO4. The fourth-order valence-corrected chi connectivity index (χ4v) is 2.46. The third-order valence-electron chi connectivity index (χ3n) is 3.56. The zero-order chi connectivity index (χ0) is 18.2. The highest BCUT2D eigenvalue weighted by Gasteiger charge is 2.13. The molecule has 132 valence electrons. The first kappa shape index (κ1) is 19.0. The molecule has 0 spiro atoms. The number of methoxy groups -OCH3 is 1. The van der Waals surface area contributed by atoms with E-state index in [1.807, 2.05) is 19.1 Å². The van der Waals surface area contributed by atoms with Crippen molar-refractivity contribution >= 4 is 23.5 Å². The van der Waals surface area contributed by atoms with Crippen LogP contribution in [0.4, 0.5) is 0 Å². The first-order valence-electron chi connectivity index (χ1n) is 7.79. The van der Waals surface area contributed by atoms with Crippen LogP contribution in [0.2, 0.25) is 5.02 Å². The molecule has 0 aliphatic rings. The fraction of sp³-hybridized carbons (Fsp3) is 0.263. The molecule has 2 rings (SSSR count). The lowest BCUT2D eigenvalue weighted by atomic mass is 10.1. The van der Waals surface area contributed by atoms with E-state index in [0.717, 1.165) is 11.1 Å². The number of benzene rings is 2. The monoisotopic (exact) mass is 361 g/mol. The van der Waals surface area contributed by atoms with Crippen LogP contribution in [0.15, 0.2) is 48.5 Å². The normalized spacial score (nSPS) is 11.6. The second-order valence-electron chi connectivity index (χ2n) is 5.55. The number of hydrogen-bond donors (Lipinski definition) is 1. The van der Waals surface area contributed by atoms with Crippen LogP contribution < -0.4 is 5.32 Å². The topological polar surface area (TPSA) is 64.6 Å². The van der Waals surface area contributed by atoms with Gasteiger partial charge in [-0.1, -0.05) is 35.9 Å². The standard InChI is InChI=1S/C19H20ClNO4/c1-13(16-4-3-5-17(20)10-16)21-18(22)12-25-19(23)15-8-6-14(7-9-15)11-24-2/h3-10,13H,11-12H2,1-2H3,(H,21,22)/t13-/m0/s1. The number of carbonyl (C=O) groups is 2. The third kappa shape index (κ3) is 5.89. The zero-order valence-electron chi connectivity index (χ0n) is 14.1. The van der Waals surface area contributed by atoms with E-state index in [2.05, 4.69) is 5.32 Å². The summed E-state index contributed by atoms with van der Waals surface area (Å²) in [6.07, 6.45) is 0. The van der Waals surface area contributed by atoms with Gasteiger partial charge in [-0.2, -0.15) is 0 Å². The summed E-state index contributed by atoms with van der Waals surface area (Å²) in [6.45, 7) is 1.96. The first-order valence-corrected chi connectivity index (χ1v) is 8.17. The van der Waals surface area contributed by atoms with Gasteiger partial charge in [0, 0.05) is 12.1 Å². The second-order valence-corrected chi connectivity index (χ2v) is 5.99. The van der Waals surface area contributed by atoms with Crippen molar-refractivity contribution in [2.45, 2.75) is 19.6 Å². The number of ether oxygens (including phenoxy) is 2. The molecule has 0 aliphatic heterocycles. The van der Waals surface area contributed by atoms with Crippen molar-refractivity contribution in [3.63, 3.8) is 0 Å². The molecule has 0 saturated heterocycles. The average molecular weight is 362 g/mol. The summed E-state index contributed by atoms with van der Waals surface area (Å²) >= 11 is 5.94. The molecule has 1 amide bonds. The van der Waals surface area contributed by atoms with E-state index in [0.29, 0.717) is 17.2 Å². The van der Waals surface area contributed by atoms with Gasteiger partial charge < -0.3 is 14.8 Å². The van der Waals surface area contributed by atoms with Crippen molar-refractivity contribution in [2.24, 2.45) is 0 Å². The number of halogens is 1. The van der Waals surface area contributed by atoms with E-state index in [4.69, 9.17) is 21.1 Å².